The predicted molar refractivity (Wildman–Crippen MR) is 82.3 cm³/mol. The number of aromatic nitrogens is 1. The largest absolute Gasteiger partial charge is 0.490 e. The summed E-state index contributed by atoms with van der Waals surface area (Å²) in [6, 6.07) is 6.81. The number of rotatable bonds is 2. The summed E-state index contributed by atoms with van der Waals surface area (Å²) in [5.41, 5.74) is 7.69. The van der Waals surface area contributed by atoms with E-state index in [-0.39, 0.29) is 0 Å². The van der Waals surface area contributed by atoms with Crippen LogP contribution in [0.15, 0.2) is 30.5 Å². The monoisotopic (exact) mass is 324 g/mol. The molecule has 6 heteroatoms. The van der Waals surface area contributed by atoms with Gasteiger partial charge in [-0.1, -0.05) is 29.3 Å². The Morgan fingerprint density at radius 1 is 1.10 bits per heavy atom. The summed E-state index contributed by atoms with van der Waals surface area (Å²) in [6.45, 7) is 1.29. The fourth-order valence-electron chi connectivity index (χ4n) is 2.19. The lowest BCUT2D eigenvalue weighted by molar-refractivity contribution is 0.297. The second-order valence-electron chi connectivity index (χ2n) is 4.75. The highest BCUT2D eigenvalue weighted by atomic mass is 35.5. The van der Waals surface area contributed by atoms with Crippen molar-refractivity contribution in [2.24, 2.45) is 5.73 Å². The zero-order chi connectivity index (χ0) is 14.8. The second kappa shape index (κ2) is 6.10. The van der Waals surface area contributed by atoms with E-state index in [0.717, 1.165) is 17.7 Å². The van der Waals surface area contributed by atoms with Crippen molar-refractivity contribution in [1.29, 1.82) is 0 Å². The molecular formula is C15H14Cl2N2O2. The molecule has 2 heterocycles. The van der Waals surface area contributed by atoms with Crippen LogP contribution in [0.4, 0.5) is 0 Å². The molecule has 0 saturated heterocycles. The van der Waals surface area contributed by atoms with Crippen molar-refractivity contribution in [3.8, 4) is 11.5 Å². The van der Waals surface area contributed by atoms with E-state index >= 15 is 0 Å². The number of fused-ring (bicyclic) bond motifs is 1. The van der Waals surface area contributed by atoms with Gasteiger partial charge >= 0.3 is 0 Å². The van der Waals surface area contributed by atoms with Crippen molar-refractivity contribution >= 4 is 23.2 Å². The number of halogens is 2. The first kappa shape index (κ1) is 14.4. The molecule has 4 nitrogen and oxygen atoms in total. The summed E-state index contributed by atoms with van der Waals surface area (Å²) in [7, 11) is 0. The molecule has 0 radical (unpaired) electrons. The fraction of sp³-hybridized carbons (Fsp3) is 0.267. The first-order chi connectivity index (χ1) is 10.1. The van der Waals surface area contributed by atoms with Gasteiger partial charge in [-0.05, 0) is 23.8 Å². The molecule has 0 fully saturated rings. The van der Waals surface area contributed by atoms with Crippen LogP contribution < -0.4 is 15.2 Å². The Morgan fingerprint density at radius 3 is 2.62 bits per heavy atom. The van der Waals surface area contributed by atoms with Crippen molar-refractivity contribution < 1.29 is 9.47 Å². The van der Waals surface area contributed by atoms with Gasteiger partial charge in [-0.25, -0.2) is 0 Å². The van der Waals surface area contributed by atoms with Crippen molar-refractivity contribution in [1.82, 2.24) is 4.98 Å². The topological polar surface area (TPSA) is 57.4 Å². The van der Waals surface area contributed by atoms with Crippen LogP contribution in [-0.4, -0.2) is 18.2 Å². The molecule has 1 unspecified atom stereocenters. The average molecular weight is 325 g/mol. The Kier molecular flexibility index (Phi) is 4.19. The van der Waals surface area contributed by atoms with Crippen LogP contribution in [0.3, 0.4) is 0 Å². The van der Waals surface area contributed by atoms with Gasteiger partial charge in [-0.3, -0.25) is 4.98 Å². The van der Waals surface area contributed by atoms with Crippen molar-refractivity contribution in [2.45, 2.75) is 12.5 Å². The lowest BCUT2D eigenvalue weighted by atomic mass is 10.0. The summed E-state index contributed by atoms with van der Waals surface area (Å²) in [5.74, 6) is 1.43. The Balaban J connectivity index is 1.94. The van der Waals surface area contributed by atoms with Crippen LogP contribution in [0.5, 0.6) is 11.5 Å². The number of hydrogen-bond donors (Lipinski definition) is 1. The predicted octanol–water partition coefficient (Wildman–Crippen LogP) is 3.60. The van der Waals surface area contributed by atoms with Gasteiger partial charge in [0.1, 0.15) is 0 Å². The molecule has 1 aliphatic heterocycles. The molecule has 0 bridgehead atoms. The lowest BCUT2D eigenvalue weighted by Gasteiger charge is -2.15. The highest BCUT2D eigenvalue weighted by molar-refractivity contribution is 6.34. The van der Waals surface area contributed by atoms with E-state index in [1.807, 2.05) is 18.2 Å². The minimum Gasteiger partial charge on any atom is -0.490 e. The highest BCUT2D eigenvalue weighted by Crippen LogP contribution is 2.34. The number of ether oxygens (including phenoxy) is 2. The van der Waals surface area contributed by atoms with E-state index in [1.165, 1.54) is 6.20 Å². The maximum atomic E-state index is 6.25. The molecule has 0 aliphatic carbocycles. The zero-order valence-corrected chi connectivity index (χ0v) is 12.7. The van der Waals surface area contributed by atoms with E-state index in [9.17, 15) is 0 Å². The maximum Gasteiger partial charge on any atom is 0.161 e. The minimum absolute atomic E-state index is 0.446. The van der Waals surface area contributed by atoms with Crippen molar-refractivity contribution in [3.63, 3.8) is 0 Å². The number of hydrogen-bond acceptors (Lipinski definition) is 4. The molecule has 110 valence electrons. The van der Waals surface area contributed by atoms with Gasteiger partial charge in [-0.2, -0.15) is 0 Å². The van der Waals surface area contributed by atoms with Gasteiger partial charge in [0.25, 0.3) is 0 Å². The molecule has 21 heavy (non-hydrogen) atoms. The average Bonchev–Trinajstić information content (AvgIpc) is 2.71. The van der Waals surface area contributed by atoms with E-state index in [2.05, 4.69) is 4.98 Å². The molecule has 1 atom stereocenters. The molecule has 3 rings (SSSR count). The zero-order valence-electron chi connectivity index (χ0n) is 11.2. The van der Waals surface area contributed by atoms with Gasteiger partial charge in [0.2, 0.25) is 0 Å². The smallest absolute Gasteiger partial charge is 0.161 e. The van der Waals surface area contributed by atoms with Crippen molar-refractivity contribution in [2.75, 3.05) is 13.2 Å². The Hall–Kier alpha value is -1.49. The Bertz CT molecular complexity index is 664. The van der Waals surface area contributed by atoms with Crippen molar-refractivity contribution in [3.05, 3.63) is 51.8 Å². The molecule has 0 amide bonds. The summed E-state index contributed by atoms with van der Waals surface area (Å²) >= 11 is 12.0. The first-order valence-electron chi connectivity index (χ1n) is 6.61. The van der Waals surface area contributed by atoms with Crippen LogP contribution >= 0.6 is 23.2 Å². The summed E-state index contributed by atoms with van der Waals surface area (Å²) in [6.07, 6.45) is 2.40. The van der Waals surface area contributed by atoms with Gasteiger partial charge in [0, 0.05) is 12.6 Å². The van der Waals surface area contributed by atoms with E-state index in [0.29, 0.717) is 34.7 Å². The van der Waals surface area contributed by atoms with Crippen LogP contribution in [-0.2, 0) is 0 Å². The SMILES string of the molecule is NC(c1ccc2c(c1)OCCCO2)c1ncc(Cl)cc1Cl. The Labute approximate surface area is 132 Å². The molecule has 1 aliphatic rings. The lowest BCUT2D eigenvalue weighted by Crippen LogP contribution is -2.14. The first-order valence-corrected chi connectivity index (χ1v) is 7.37. The van der Waals surface area contributed by atoms with E-state index < -0.39 is 6.04 Å². The van der Waals surface area contributed by atoms with Crippen LogP contribution in [0, 0.1) is 0 Å². The molecule has 2 aromatic rings. The number of benzene rings is 1. The number of nitrogens with zero attached hydrogens (tertiary/aromatic N) is 1. The van der Waals surface area contributed by atoms with Gasteiger partial charge in [0.05, 0.1) is 35.0 Å². The molecule has 1 aromatic heterocycles. The molecule has 0 saturated carbocycles. The standard InChI is InChI=1S/C15H14Cl2N2O2/c16-10-7-11(17)15(19-8-10)14(18)9-2-3-12-13(6-9)21-5-1-4-20-12/h2-3,6-8,14H,1,4-5,18H2. The normalized spacial score (nSPS) is 15.4. The van der Waals surface area contributed by atoms with Crippen LogP contribution in [0.25, 0.3) is 0 Å². The van der Waals surface area contributed by atoms with E-state index in [4.69, 9.17) is 38.4 Å². The maximum absolute atomic E-state index is 6.25. The third-order valence-electron chi connectivity index (χ3n) is 3.26. The highest BCUT2D eigenvalue weighted by Gasteiger charge is 2.18. The van der Waals surface area contributed by atoms with E-state index in [1.54, 1.807) is 6.07 Å². The van der Waals surface area contributed by atoms with Gasteiger partial charge in [-0.15, -0.1) is 0 Å². The Morgan fingerprint density at radius 2 is 1.86 bits per heavy atom. The summed E-state index contributed by atoms with van der Waals surface area (Å²) < 4.78 is 11.3. The quantitative estimate of drug-likeness (QED) is 0.917. The second-order valence-corrected chi connectivity index (χ2v) is 5.60. The van der Waals surface area contributed by atoms with Gasteiger partial charge in [0.15, 0.2) is 11.5 Å². The molecule has 0 spiro atoms. The van der Waals surface area contributed by atoms with Crippen LogP contribution in [0.1, 0.15) is 23.7 Å². The molecular weight excluding hydrogens is 311 g/mol. The third-order valence-corrected chi connectivity index (χ3v) is 3.77. The minimum atomic E-state index is -0.452. The summed E-state index contributed by atoms with van der Waals surface area (Å²) in [5, 5.41) is 0.928. The molecule has 1 aromatic carbocycles. The number of nitrogens with two attached hydrogens (primary N) is 1. The third kappa shape index (κ3) is 3.07. The van der Waals surface area contributed by atoms with Crippen LogP contribution in [0.2, 0.25) is 10.0 Å². The fourth-order valence-corrected chi connectivity index (χ4v) is 2.68. The molecule has 2 N–H and O–H groups in total. The number of pyridine rings is 1. The van der Waals surface area contributed by atoms with Gasteiger partial charge < -0.3 is 15.2 Å². The summed E-state index contributed by atoms with van der Waals surface area (Å²) in [4.78, 5) is 4.22.